The van der Waals surface area contributed by atoms with Gasteiger partial charge in [-0.1, -0.05) is 11.6 Å². The summed E-state index contributed by atoms with van der Waals surface area (Å²) >= 11 is 5.57. The van der Waals surface area contributed by atoms with Crippen LogP contribution in [0.3, 0.4) is 0 Å². The van der Waals surface area contributed by atoms with Gasteiger partial charge < -0.3 is 9.64 Å². The van der Waals surface area contributed by atoms with Crippen LogP contribution in [0.5, 0.6) is 0 Å². The first-order valence-electron chi connectivity index (χ1n) is 5.09. The van der Waals surface area contributed by atoms with Crippen molar-refractivity contribution in [2.75, 3.05) is 25.7 Å². The number of hydrogen-bond donors (Lipinski definition) is 0. The smallest absolute Gasteiger partial charge is 0.383 e. The summed E-state index contributed by atoms with van der Waals surface area (Å²) in [6, 6.07) is 1.14. The predicted molar refractivity (Wildman–Crippen MR) is 61.8 cm³/mol. The molecule has 1 atom stereocenters. The van der Waals surface area contributed by atoms with Gasteiger partial charge in [0.15, 0.2) is 0 Å². The molecule has 0 saturated carbocycles. The quantitative estimate of drug-likeness (QED) is 0.796. The Morgan fingerprint density at radius 2 is 2.06 bits per heavy atom. The van der Waals surface area contributed by atoms with Crippen molar-refractivity contribution < 1.29 is 17.9 Å². The third kappa shape index (κ3) is 3.71. The zero-order chi connectivity index (χ0) is 13.9. The van der Waals surface area contributed by atoms with Crippen molar-refractivity contribution in [1.82, 2.24) is 9.97 Å². The van der Waals surface area contributed by atoms with Crippen LogP contribution in [-0.2, 0) is 10.9 Å². The molecule has 1 rings (SSSR count). The Bertz CT molecular complexity index is 414. The minimum atomic E-state index is -4.62. The zero-order valence-electron chi connectivity index (χ0n) is 10.1. The van der Waals surface area contributed by atoms with Crippen LogP contribution in [0.15, 0.2) is 6.07 Å². The Labute approximate surface area is 108 Å². The van der Waals surface area contributed by atoms with E-state index >= 15 is 0 Å². The molecule has 102 valence electrons. The van der Waals surface area contributed by atoms with E-state index in [1.807, 2.05) is 0 Å². The van der Waals surface area contributed by atoms with Crippen molar-refractivity contribution in [2.45, 2.75) is 19.1 Å². The van der Waals surface area contributed by atoms with E-state index in [1.165, 1.54) is 13.2 Å². The van der Waals surface area contributed by atoms with Crippen LogP contribution in [0.4, 0.5) is 19.0 Å². The second kappa shape index (κ2) is 5.71. The Morgan fingerprint density at radius 3 is 2.56 bits per heavy atom. The number of aromatic nitrogens is 2. The fraction of sp³-hybridized carbons (Fsp3) is 0.600. The van der Waals surface area contributed by atoms with Crippen molar-refractivity contribution in [1.29, 1.82) is 0 Å². The molecule has 0 saturated heterocycles. The van der Waals surface area contributed by atoms with Crippen LogP contribution in [-0.4, -0.2) is 36.8 Å². The van der Waals surface area contributed by atoms with Gasteiger partial charge in [0, 0.05) is 20.2 Å². The van der Waals surface area contributed by atoms with Gasteiger partial charge in [-0.05, 0) is 6.92 Å². The number of methoxy groups -OCH3 is 1. The first-order chi connectivity index (χ1) is 8.25. The molecular formula is C10H13ClF3N3O. The molecule has 0 aliphatic carbocycles. The van der Waals surface area contributed by atoms with Crippen LogP contribution in [0, 0.1) is 0 Å². The summed E-state index contributed by atoms with van der Waals surface area (Å²) in [5, 5.41) is -0.246. The first kappa shape index (κ1) is 15.0. The summed E-state index contributed by atoms with van der Waals surface area (Å²) < 4.78 is 42.5. The molecule has 0 fully saturated rings. The number of anilines is 1. The van der Waals surface area contributed by atoms with Crippen LogP contribution < -0.4 is 4.90 Å². The Hall–Kier alpha value is -1.08. The highest BCUT2D eigenvalue weighted by atomic mass is 35.5. The van der Waals surface area contributed by atoms with Gasteiger partial charge in [0.2, 0.25) is 5.82 Å². The van der Waals surface area contributed by atoms with Crippen LogP contribution in [0.25, 0.3) is 0 Å². The molecule has 0 amide bonds. The van der Waals surface area contributed by atoms with Crippen molar-refractivity contribution in [3.05, 3.63) is 17.0 Å². The molecule has 18 heavy (non-hydrogen) atoms. The maximum absolute atomic E-state index is 12.5. The second-order valence-electron chi connectivity index (χ2n) is 3.79. The molecule has 1 aromatic rings. The number of nitrogens with zero attached hydrogens (tertiary/aromatic N) is 3. The Kier molecular flexibility index (Phi) is 4.75. The standard InChI is InChI=1S/C10H13ClF3N3O/c1-6(5-18-3)17(2)8-4-7(11)15-9(16-8)10(12,13)14/h4,6H,5H2,1-3H3. The average Bonchev–Trinajstić information content (AvgIpc) is 2.26. The maximum atomic E-state index is 12.5. The molecule has 1 aromatic heterocycles. The van der Waals surface area contributed by atoms with Crippen molar-refractivity contribution in [3.63, 3.8) is 0 Å². The normalized spacial score (nSPS) is 13.5. The van der Waals surface area contributed by atoms with Gasteiger partial charge in [0.1, 0.15) is 11.0 Å². The molecule has 0 N–H and O–H groups in total. The van der Waals surface area contributed by atoms with Gasteiger partial charge in [-0.15, -0.1) is 0 Å². The molecule has 0 aliphatic rings. The van der Waals surface area contributed by atoms with E-state index in [9.17, 15) is 13.2 Å². The van der Waals surface area contributed by atoms with Crippen molar-refractivity contribution in [3.8, 4) is 0 Å². The van der Waals surface area contributed by atoms with Gasteiger partial charge in [-0.3, -0.25) is 0 Å². The molecule has 0 bridgehead atoms. The van der Waals surface area contributed by atoms with Crippen LogP contribution in [0.2, 0.25) is 5.15 Å². The van der Waals surface area contributed by atoms with E-state index in [2.05, 4.69) is 9.97 Å². The lowest BCUT2D eigenvalue weighted by atomic mass is 10.3. The van der Waals surface area contributed by atoms with E-state index in [0.717, 1.165) is 0 Å². The highest BCUT2D eigenvalue weighted by Crippen LogP contribution is 2.29. The number of alkyl halides is 3. The molecule has 0 radical (unpaired) electrons. The van der Waals surface area contributed by atoms with Gasteiger partial charge in [-0.2, -0.15) is 13.2 Å². The summed E-state index contributed by atoms with van der Waals surface area (Å²) in [7, 11) is 3.13. The minimum Gasteiger partial charge on any atom is -0.383 e. The highest BCUT2D eigenvalue weighted by molar-refractivity contribution is 6.29. The summed E-state index contributed by atoms with van der Waals surface area (Å²) in [5.74, 6) is -1.15. The number of likely N-dealkylation sites (N-methyl/N-ethyl adjacent to an activating group) is 1. The lowest BCUT2D eigenvalue weighted by Crippen LogP contribution is -2.33. The topological polar surface area (TPSA) is 38.2 Å². The fourth-order valence-corrected chi connectivity index (χ4v) is 1.47. The minimum absolute atomic E-state index is 0.104. The molecular weight excluding hydrogens is 271 g/mol. The third-order valence-corrected chi connectivity index (χ3v) is 2.56. The summed E-state index contributed by atoms with van der Waals surface area (Å²) in [6.07, 6.45) is -4.62. The Balaban J connectivity index is 3.06. The average molecular weight is 284 g/mol. The lowest BCUT2D eigenvalue weighted by molar-refractivity contribution is -0.144. The fourth-order valence-electron chi connectivity index (χ4n) is 1.29. The first-order valence-corrected chi connectivity index (χ1v) is 5.47. The van der Waals surface area contributed by atoms with Gasteiger partial charge >= 0.3 is 6.18 Å². The van der Waals surface area contributed by atoms with Crippen molar-refractivity contribution >= 4 is 17.4 Å². The van der Waals surface area contributed by atoms with Gasteiger partial charge in [0.25, 0.3) is 0 Å². The van der Waals surface area contributed by atoms with Gasteiger partial charge in [-0.25, -0.2) is 9.97 Å². The predicted octanol–water partition coefficient (Wildman–Crippen LogP) is 2.62. The number of rotatable bonds is 4. The second-order valence-corrected chi connectivity index (χ2v) is 4.17. The van der Waals surface area contributed by atoms with Crippen LogP contribution >= 0.6 is 11.6 Å². The van der Waals surface area contributed by atoms with E-state index < -0.39 is 12.0 Å². The molecule has 1 heterocycles. The SMILES string of the molecule is COCC(C)N(C)c1cc(Cl)nc(C(F)(F)F)n1. The lowest BCUT2D eigenvalue weighted by Gasteiger charge is -2.25. The van der Waals surface area contributed by atoms with E-state index in [1.54, 1.807) is 18.9 Å². The van der Waals surface area contributed by atoms with E-state index in [4.69, 9.17) is 16.3 Å². The number of halogens is 4. The molecule has 4 nitrogen and oxygen atoms in total. The van der Waals surface area contributed by atoms with E-state index in [0.29, 0.717) is 6.61 Å². The molecule has 0 spiro atoms. The van der Waals surface area contributed by atoms with Crippen LogP contribution in [0.1, 0.15) is 12.7 Å². The molecule has 8 heteroatoms. The Morgan fingerprint density at radius 1 is 1.44 bits per heavy atom. The van der Waals surface area contributed by atoms with Gasteiger partial charge in [0.05, 0.1) is 12.6 Å². The molecule has 0 aliphatic heterocycles. The summed E-state index contributed by atoms with van der Waals surface area (Å²) in [6.45, 7) is 2.16. The third-order valence-electron chi connectivity index (χ3n) is 2.37. The summed E-state index contributed by atoms with van der Waals surface area (Å²) in [5.41, 5.74) is 0. The highest BCUT2D eigenvalue weighted by Gasteiger charge is 2.35. The number of hydrogen-bond acceptors (Lipinski definition) is 4. The monoisotopic (exact) mass is 283 g/mol. The van der Waals surface area contributed by atoms with E-state index in [-0.39, 0.29) is 17.0 Å². The number of ether oxygens (including phenoxy) is 1. The largest absolute Gasteiger partial charge is 0.451 e. The summed E-state index contributed by atoms with van der Waals surface area (Å²) in [4.78, 5) is 8.17. The van der Waals surface area contributed by atoms with Crippen molar-refractivity contribution in [2.24, 2.45) is 0 Å². The molecule has 0 aromatic carbocycles. The zero-order valence-corrected chi connectivity index (χ0v) is 10.9. The molecule has 1 unspecified atom stereocenters. The maximum Gasteiger partial charge on any atom is 0.451 e.